The molecule has 0 heterocycles. The molecule has 0 saturated carbocycles. The minimum absolute atomic E-state index is 0.125. The molecule has 0 saturated heterocycles. The molecule has 0 unspecified atom stereocenters. The van der Waals surface area contributed by atoms with Crippen LogP contribution in [-0.2, 0) is 0 Å². The summed E-state index contributed by atoms with van der Waals surface area (Å²) in [6.45, 7) is 0. The van der Waals surface area contributed by atoms with E-state index in [2.05, 4.69) is 23.5 Å². The van der Waals surface area contributed by atoms with Crippen LogP contribution in [0.4, 0.5) is 5.69 Å². The average molecular weight is 403 g/mol. The van der Waals surface area contributed by atoms with Gasteiger partial charge in [-0.25, -0.2) is 0 Å². The monoisotopic (exact) mass is 403 g/mol. The molecule has 0 atom stereocenters. The average Bonchev–Trinajstić information content (AvgIpc) is 2.83. The summed E-state index contributed by atoms with van der Waals surface area (Å²) in [5.41, 5.74) is 3.46. The highest BCUT2D eigenvalue weighted by molar-refractivity contribution is 6.09. The molecule has 0 aliphatic heterocycles. The number of amides is 1. The summed E-state index contributed by atoms with van der Waals surface area (Å²) in [6, 6.07) is 33.9. The van der Waals surface area contributed by atoms with Crippen molar-refractivity contribution < 1.29 is 9.53 Å². The van der Waals surface area contributed by atoms with Crippen LogP contribution in [0.3, 0.4) is 0 Å². The van der Waals surface area contributed by atoms with Gasteiger partial charge >= 0.3 is 0 Å². The summed E-state index contributed by atoms with van der Waals surface area (Å²) in [7, 11) is 1.67. The number of fused-ring (bicyclic) bond motifs is 2. The molecular formula is C28H21NO2. The van der Waals surface area contributed by atoms with Gasteiger partial charge in [-0.1, -0.05) is 72.8 Å². The van der Waals surface area contributed by atoms with Gasteiger partial charge in [-0.3, -0.25) is 4.79 Å². The number of rotatable bonds is 4. The molecule has 150 valence electrons. The normalized spacial score (nSPS) is 10.9. The summed E-state index contributed by atoms with van der Waals surface area (Å²) in [4.78, 5) is 13.1. The molecule has 0 radical (unpaired) electrons. The van der Waals surface area contributed by atoms with Gasteiger partial charge in [-0.05, 0) is 57.4 Å². The summed E-state index contributed by atoms with van der Waals surface area (Å²) in [5, 5.41) is 7.48. The molecule has 0 aliphatic carbocycles. The van der Waals surface area contributed by atoms with E-state index in [0.717, 1.165) is 44.1 Å². The zero-order valence-electron chi connectivity index (χ0n) is 17.1. The molecule has 0 spiro atoms. The molecule has 0 aromatic heterocycles. The van der Waals surface area contributed by atoms with Crippen LogP contribution < -0.4 is 10.1 Å². The van der Waals surface area contributed by atoms with E-state index < -0.39 is 0 Å². The Labute approximate surface area is 180 Å². The van der Waals surface area contributed by atoms with Crippen molar-refractivity contribution in [1.82, 2.24) is 0 Å². The third-order valence-corrected chi connectivity index (χ3v) is 5.56. The Hall–Kier alpha value is -4.11. The Morgan fingerprint density at radius 1 is 0.677 bits per heavy atom. The molecule has 1 N–H and O–H groups in total. The summed E-state index contributed by atoms with van der Waals surface area (Å²) < 4.78 is 5.37. The van der Waals surface area contributed by atoms with Gasteiger partial charge < -0.3 is 10.1 Å². The fraction of sp³-hybridized carbons (Fsp3) is 0.0357. The lowest BCUT2D eigenvalue weighted by Gasteiger charge is -2.14. The van der Waals surface area contributed by atoms with E-state index in [9.17, 15) is 4.79 Å². The number of benzene rings is 5. The van der Waals surface area contributed by atoms with Gasteiger partial charge in [0.2, 0.25) is 0 Å². The van der Waals surface area contributed by atoms with E-state index in [-0.39, 0.29) is 5.91 Å². The van der Waals surface area contributed by atoms with Gasteiger partial charge in [0.15, 0.2) is 0 Å². The van der Waals surface area contributed by atoms with Gasteiger partial charge in [0, 0.05) is 16.8 Å². The van der Waals surface area contributed by atoms with Gasteiger partial charge in [-0.2, -0.15) is 0 Å². The molecule has 3 nitrogen and oxygen atoms in total. The van der Waals surface area contributed by atoms with Crippen molar-refractivity contribution in [3.05, 3.63) is 109 Å². The maximum absolute atomic E-state index is 13.1. The Balaban J connectivity index is 1.54. The highest BCUT2D eigenvalue weighted by Gasteiger charge is 2.13. The quantitative estimate of drug-likeness (QED) is 0.354. The summed E-state index contributed by atoms with van der Waals surface area (Å²) in [6.07, 6.45) is 0. The van der Waals surface area contributed by atoms with Crippen LogP contribution in [-0.4, -0.2) is 13.0 Å². The number of carbonyl (C=O) groups excluding carboxylic acids is 1. The summed E-state index contributed by atoms with van der Waals surface area (Å²) in [5.74, 6) is 0.697. The van der Waals surface area contributed by atoms with E-state index in [4.69, 9.17) is 4.74 Å². The number of ether oxygens (including phenoxy) is 1. The maximum Gasteiger partial charge on any atom is 0.255 e. The fourth-order valence-electron chi connectivity index (χ4n) is 3.98. The highest BCUT2D eigenvalue weighted by atomic mass is 16.5. The first-order chi connectivity index (χ1) is 15.2. The smallest absolute Gasteiger partial charge is 0.255 e. The highest BCUT2D eigenvalue weighted by Crippen LogP contribution is 2.35. The van der Waals surface area contributed by atoms with E-state index in [0.29, 0.717) is 5.56 Å². The molecule has 0 bridgehead atoms. The second kappa shape index (κ2) is 7.96. The summed E-state index contributed by atoms with van der Waals surface area (Å²) >= 11 is 0. The van der Waals surface area contributed by atoms with Crippen LogP contribution in [0.5, 0.6) is 5.75 Å². The fourth-order valence-corrected chi connectivity index (χ4v) is 3.98. The van der Waals surface area contributed by atoms with Crippen LogP contribution in [0, 0.1) is 0 Å². The minimum Gasteiger partial charge on any atom is -0.497 e. The molecule has 5 aromatic rings. The zero-order chi connectivity index (χ0) is 21.2. The molecule has 0 aliphatic rings. The van der Waals surface area contributed by atoms with Crippen molar-refractivity contribution in [2.24, 2.45) is 0 Å². The number of methoxy groups -OCH3 is 1. The molecule has 0 fully saturated rings. The van der Waals surface area contributed by atoms with Crippen LogP contribution >= 0.6 is 0 Å². The van der Waals surface area contributed by atoms with Gasteiger partial charge in [0.05, 0.1) is 7.11 Å². The number of hydrogen-bond donors (Lipinski definition) is 1. The Morgan fingerprint density at radius 2 is 1.42 bits per heavy atom. The predicted molar refractivity (Wildman–Crippen MR) is 128 cm³/mol. The third-order valence-electron chi connectivity index (χ3n) is 5.56. The maximum atomic E-state index is 13.1. The van der Waals surface area contributed by atoms with Crippen molar-refractivity contribution in [2.45, 2.75) is 0 Å². The van der Waals surface area contributed by atoms with E-state index in [1.807, 2.05) is 84.9 Å². The molecular weight excluding hydrogens is 382 g/mol. The second-order valence-corrected chi connectivity index (χ2v) is 7.45. The first-order valence-electron chi connectivity index (χ1n) is 10.2. The Bertz CT molecular complexity index is 1420. The van der Waals surface area contributed by atoms with Crippen LogP contribution in [0.2, 0.25) is 0 Å². The van der Waals surface area contributed by atoms with Gasteiger partial charge in [0.25, 0.3) is 5.91 Å². The molecule has 3 heteroatoms. The lowest BCUT2D eigenvalue weighted by molar-refractivity contribution is 0.102. The third kappa shape index (κ3) is 3.62. The SMILES string of the molecule is COc1ccc2c(-c3ccccc3NC(=O)c3ccc4ccccc4c3)cccc2c1. The molecule has 31 heavy (non-hydrogen) atoms. The topological polar surface area (TPSA) is 38.3 Å². The zero-order valence-corrected chi connectivity index (χ0v) is 17.1. The molecule has 5 aromatic carbocycles. The van der Waals surface area contributed by atoms with E-state index in [1.165, 1.54) is 0 Å². The lowest BCUT2D eigenvalue weighted by atomic mass is 9.96. The molecule has 1 amide bonds. The standard InChI is InChI=1S/C28H21NO2/c1-31-23-15-16-24-21(18-23)9-6-11-25(24)26-10-4-5-12-27(26)29-28(30)22-14-13-19-7-2-3-8-20(19)17-22/h2-18H,1H3,(H,29,30). The number of hydrogen-bond acceptors (Lipinski definition) is 2. The van der Waals surface area contributed by atoms with Crippen LogP contribution in [0.1, 0.15) is 10.4 Å². The molecule has 5 rings (SSSR count). The number of carbonyl (C=O) groups is 1. The largest absolute Gasteiger partial charge is 0.497 e. The van der Waals surface area contributed by atoms with Crippen molar-refractivity contribution >= 4 is 33.1 Å². The van der Waals surface area contributed by atoms with Crippen molar-refractivity contribution in [1.29, 1.82) is 0 Å². The van der Waals surface area contributed by atoms with Crippen molar-refractivity contribution in [3.8, 4) is 16.9 Å². The first kappa shape index (κ1) is 18.9. The Kier molecular flexibility index (Phi) is 4.85. The van der Waals surface area contributed by atoms with Crippen molar-refractivity contribution in [2.75, 3.05) is 12.4 Å². The van der Waals surface area contributed by atoms with Crippen LogP contribution in [0.25, 0.3) is 32.7 Å². The Morgan fingerprint density at radius 3 is 2.29 bits per heavy atom. The van der Waals surface area contributed by atoms with Gasteiger partial charge in [-0.15, -0.1) is 0 Å². The van der Waals surface area contributed by atoms with Gasteiger partial charge in [0.1, 0.15) is 5.75 Å². The number of nitrogens with one attached hydrogen (secondary N) is 1. The van der Waals surface area contributed by atoms with Crippen LogP contribution in [0.15, 0.2) is 103 Å². The second-order valence-electron chi connectivity index (χ2n) is 7.45. The lowest BCUT2D eigenvalue weighted by Crippen LogP contribution is -2.12. The predicted octanol–water partition coefficient (Wildman–Crippen LogP) is 6.92. The minimum atomic E-state index is -0.125. The van der Waals surface area contributed by atoms with E-state index >= 15 is 0 Å². The number of para-hydroxylation sites is 1. The van der Waals surface area contributed by atoms with E-state index in [1.54, 1.807) is 7.11 Å². The first-order valence-corrected chi connectivity index (χ1v) is 10.2. The number of anilines is 1. The van der Waals surface area contributed by atoms with Crippen molar-refractivity contribution in [3.63, 3.8) is 0 Å².